The van der Waals surface area contributed by atoms with Crippen molar-refractivity contribution in [2.45, 2.75) is 6.42 Å². The summed E-state index contributed by atoms with van der Waals surface area (Å²) in [6.45, 7) is 4.90. The molecule has 0 spiro atoms. The number of likely N-dealkylation sites (N-methyl/N-ethyl adjacent to an activating group) is 1. The maximum Gasteiger partial charge on any atom is 0.519 e. The highest BCUT2D eigenvalue weighted by Gasteiger charge is 2.18. The molecule has 134 valence electrons. The van der Waals surface area contributed by atoms with Crippen LogP contribution in [0.25, 0.3) is 11.3 Å². The fourth-order valence-electron chi connectivity index (χ4n) is 2.62. The molecule has 3 rings (SSSR count). The summed E-state index contributed by atoms with van der Waals surface area (Å²) >= 11 is 0. The molecule has 0 radical (unpaired) electrons. The van der Waals surface area contributed by atoms with Crippen molar-refractivity contribution in [1.82, 2.24) is 9.80 Å². The van der Waals surface area contributed by atoms with Crippen molar-refractivity contribution < 1.29 is 13.2 Å². The number of rotatable bonds is 4. The second kappa shape index (κ2) is 9.22. The fraction of sp³-hybridized carbons (Fsp3) is 0.438. The molecule has 0 bridgehead atoms. The number of halogens is 3. The Morgan fingerprint density at radius 3 is 2.29 bits per heavy atom. The lowest BCUT2D eigenvalue weighted by Crippen LogP contribution is -2.45. The van der Waals surface area contributed by atoms with Gasteiger partial charge in [-0.25, -0.2) is 9.18 Å². The number of benzene rings is 1. The van der Waals surface area contributed by atoms with E-state index in [4.69, 9.17) is 8.83 Å². The highest BCUT2D eigenvalue weighted by atomic mass is 35.5. The summed E-state index contributed by atoms with van der Waals surface area (Å²) in [7, 11) is 2.11. The minimum absolute atomic E-state index is 0. The molecule has 1 aromatic heterocycles. The molecule has 8 heteroatoms. The van der Waals surface area contributed by atoms with Crippen molar-refractivity contribution in [1.29, 1.82) is 0 Å². The van der Waals surface area contributed by atoms with Gasteiger partial charge in [0.05, 0.1) is 0 Å². The molecule has 2 heterocycles. The van der Waals surface area contributed by atoms with Gasteiger partial charge in [-0.05, 0) is 31.3 Å². The molecule has 24 heavy (non-hydrogen) atoms. The van der Waals surface area contributed by atoms with Crippen LogP contribution >= 0.6 is 24.8 Å². The van der Waals surface area contributed by atoms with Gasteiger partial charge in [-0.15, -0.1) is 24.8 Å². The van der Waals surface area contributed by atoms with E-state index in [2.05, 4.69) is 16.8 Å². The zero-order valence-electron chi connectivity index (χ0n) is 13.4. The van der Waals surface area contributed by atoms with Gasteiger partial charge >= 0.3 is 5.82 Å². The average Bonchev–Trinajstić information content (AvgIpc) is 2.88. The zero-order chi connectivity index (χ0) is 15.5. The first-order chi connectivity index (χ1) is 10.6. The van der Waals surface area contributed by atoms with Gasteiger partial charge in [-0.2, -0.15) is 0 Å². The van der Waals surface area contributed by atoms with Gasteiger partial charge in [-0.1, -0.05) is 0 Å². The highest BCUT2D eigenvalue weighted by Crippen LogP contribution is 2.23. The van der Waals surface area contributed by atoms with Gasteiger partial charge in [0.2, 0.25) is 0 Å². The third-order valence-electron chi connectivity index (χ3n) is 4.00. The lowest BCUT2D eigenvalue weighted by Gasteiger charge is -2.32. The van der Waals surface area contributed by atoms with E-state index in [-0.39, 0.29) is 30.6 Å². The first-order valence-electron chi connectivity index (χ1n) is 7.41. The Morgan fingerprint density at radius 2 is 1.67 bits per heavy atom. The summed E-state index contributed by atoms with van der Waals surface area (Å²) in [6.07, 6.45) is 0.599. The third-order valence-corrected chi connectivity index (χ3v) is 4.00. The van der Waals surface area contributed by atoms with Crippen LogP contribution in [0.15, 0.2) is 37.9 Å². The lowest BCUT2D eigenvalue weighted by atomic mass is 10.1. The van der Waals surface area contributed by atoms with E-state index in [9.17, 15) is 9.18 Å². The predicted molar refractivity (Wildman–Crippen MR) is 94.8 cm³/mol. The van der Waals surface area contributed by atoms with E-state index in [0.29, 0.717) is 23.5 Å². The number of piperazine rings is 1. The van der Waals surface area contributed by atoms with Crippen LogP contribution in [0.5, 0.6) is 0 Å². The fourth-order valence-corrected chi connectivity index (χ4v) is 2.62. The Labute approximate surface area is 152 Å². The molecule has 1 fully saturated rings. The summed E-state index contributed by atoms with van der Waals surface area (Å²) in [5.41, 5.74) is 0.653. The van der Waals surface area contributed by atoms with Crippen molar-refractivity contribution in [3.63, 3.8) is 0 Å². The van der Waals surface area contributed by atoms with Crippen LogP contribution in [0.3, 0.4) is 0 Å². The molecule has 0 saturated carbocycles. The van der Waals surface area contributed by atoms with E-state index < -0.39 is 5.82 Å². The van der Waals surface area contributed by atoms with Gasteiger partial charge in [0.15, 0.2) is 11.5 Å². The SMILES string of the molecule is CN1CCN(CCc2oc(=O)oc2-c2ccc(F)cc2)CC1.Cl.Cl. The molecule has 0 atom stereocenters. The van der Waals surface area contributed by atoms with Crippen molar-refractivity contribution in [3.05, 3.63) is 46.5 Å². The highest BCUT2D eigenvalue weighted by molar-refractivity contribution is 5.85. The van der Waals surface area contributed by atoms with Crippen molar-refractivity contribution in [2.24, 2.45) is 0 Å². The summed E-state index contributed by atoms with van der Waals surface area (Å²) in [6, 6.07) is 5.85. The van der Waals surface area contributed by atoms with Crippen LogP contribution < -0.4 is 5.82 Å². The van der Waals surface area contributed by atoms with Gasteiger partial charge in [0.25, 0.3) is 0 Å². The molecule has 1 aromatic carbocycles. The topological polar surface area (TPSA) is 49.8 Å². The van der Waals surface area contributed by atoms with Crippen LogP contribution in [0, 0.1) is 5.82 Å². The predicted octanol–water partition coefficient (Wildman–Crippen LogP) is 2.67. The van der Waals surface area contributed by atoms with Crippen molar-refractivity contribution in [2.75, 3.05) is 39.8 Å². The molecule has 0 aliphatic carbocycles. The Bertz CT molecular complexity index is 679. The van der Waals surface area contributed by atoms with E-state index >= 15 is 0 Å². The van der Waals surface area contributed by atoms with E-state index in [1.54, 1.807) is 12.1 Å². The summed E-state index contributed by atoms with van der Waals surface area (Å²) < 4.78 is 23.3. The van der Waals surface area contributed by atoms with Gasteiger partial charge < -0.3 is 18.6 Å². The molecular weight excluding hydrogens is 358 g/mol. The molecule has 0 unspecified atom stereocenters. The molecular formula is C16H21Cl2FN2O3. The summed E-state index contributed by atoms with van der Waals surface area (Å²) in [5.74, 6) is -0.115. The molecule has 1 aliphatic heterocycles. The van der Waals surface area contributed by atoms with Crippen LogP contribution in [-0.2, 0) is 6.42 Å². The van der Waals surface area contributed by atoms with Crippen LogP contribution in [0.2, 0.25) is 0 Å². The minimum atomic E-state index is -0.715. The number of nitrogens with zero attached hydrogens (tertiary/aromatic N) is 2. The summed E-state index contributed by atoms with van der Waals surface area (Å²) in [4.78, 5) is 16.0. The molecule has 0 amide bonds. The van der Waals surface area contributed by atoms with E-state index in [1.807, 2.05) is 0 Å². The zero-order valence-corrected chi connectivity index (χ0v) is 15.0. The van der Waals surface area contributed by atoms with Gasteiger partial charge in [0.1, 0.15) is 5.82 Å². The maximum atomic E-state index is 13.0. The average molecular weight is 379 g/mol. The van der Waals surface area contributed by atoms with Gasteiger partial charge in [0, 0.05) is 44.7 Å². The number of hydrogen-bond acceptors (Lipinski definition) is 5. The summed E-state index contributed by atoms with van der Waals surface area (Å²) in [5, 5.41) is 0. The molecule has 0 N–H and O–H groups in total. The quantitative estimate of drug-likeness (QED) is 0.818. The first-order valence-corrected chi connectivity index (χ1v) is 7.41. The lowest BCUT2D eigenvalue weighted by molar-refractivity contribution is 0.153. The molecule has 1 aliphatic rings. The standard InChI is InChI=1S/C16H19FN2O3.2ClH/c1-18-8-10-19(11-9-18)7-6-14-15(22-16(20)21-14)12-2-4-13(17)5-3-12;;/h2-5H,6-11H2,1H3;2*1H. The number of hydrogen-bond donors (Lipinski definition) is 0. The first kappa shape index (κ1) is 20.7. The normalized spacial score (nSPS) is 15.6. The second-order valence-electron chi connectivity index (χ2n) is 5.61. The maximum absolute atomic E-state index is 13.0. The van der Waals surface area contributed by atoms with Crippen LogP contribution in [0.1, 0.15) is 5.76 Å². The molecule has 2 aromatic rings. The largest absolute Gasteiger partial charge is 0.519 e. The van der Waals surface area contributed by atoms with E-state index in [0.717, 1.165) is 32.7 Å². The monoisotopic (exact) mass is 378 g/mol. The van der Waals surface area contributed by atoms with Crippen molar-refractivity contribution in [3.8, 4) is 11.3 Å². The van der Waals surface area contributed by atoms with Crippen molar-refractivity contribution >= 4 is 24.8 Å². The molecule has 5 nitrogen and oxygen atoms in total. The Morgan fingerprint density at radius 1 is 1.04 bits per heavy atom. The molecule has 1 saturated heterocycles. The second-order valence-corrected chi connectivity index (χ2v) is 5.61. The Balaban J connectivity index is 0.00000144. The van der Waals surface area contributed by atoms with Gasteiger partial charge in [-0.3, -0.25) is 0 Å². The van der Waals surface area contributed by atoms with E-state index in [1.165, 1.54) is 12.1 Å². The smallest absolute Gasteiger partial charge is 0.395 e. The Hall–Kier alpha value is -1.34. The third kappa shape index (κ3) is 5.08. The van der Waals surface area contributed by atoms with Crippen LogP contribution in [0.4, 0.5) is 4.39 Å². The van der Waals surface area contributed by atoms with Crippen LogP contribution in [-0.4, -0.2) is 49.6 Å². The Kier molecular flexibility index (Phi) is 7.96. The minimum Gasteiger partial charge on any atom is -0.395 e.